The first-order valence-corrected chi connectivity index (χ1v) is 11.2. The summed E-state index contributed by atoms with van der Waals surface area (Å²) in [5.74, 6) is 1.22. The summed E-state index contributed by atoms with van der Waals surface area (Å²) in [7, 11) is 0. The standard InChI is InChI=1S/C25H28N4O2/c1-3-24-26-21-8-4-5-9-23(21)29(24)20-7-6-13-27(16-20)25(31)19-10-11-22-18(15-19)12-14-28(22)17(2)30/h4-5,8-11,15,20H,3,6-7,12-14,16H2,1-2H3. The molecule has 2 aliphatic rings. The number of hydrogen-bond acceptors (Lipinski definition) is 3. The number of benzene rings is 2. The Morgan fingerprint density at radius 1 is 1.13 bits per heavy atom. The van der Waals surface area contributed by atoms with Gasteiger partial charge in [-0.05, 0) is 55.2 Å². The van der Waals surface area contributed by atoms with E-state index in [0.717, 1.165) is 65.9 Å². The van der Waals surface area contributed by atoms with Crippen molar-refractivity contribution < 1.29 is 9.59 Å². The van der Waals surface area contributed by atoms with Gasteiger partial charge in [0.25, 0.3) is 5.91 Å². The summed E-state index contributed by atoms with van der Waals surface area (Å²) < 4.78 is 2.35. The number of hydrogen-bond donors (Lipinski definition) is 0. The summed E-state index contributed by atoms with van der Waals surface area (Å²) in [6.07, 6.45) is 3.71. The second kappa shape index (κ2) is 7.84. The number of aromatic nitrogens is 2. The molecule has 6 nitrogen and oxygen atoms in total. The minimum absolute atomic E-state index is 0.0518. The van der Waals surface area contributed by atoms with Gasteiger partial charge < -0.3 is 14.4 Å². The number of carbonyl (C=O) groups excluding carboxylic acids is 2. The van der Waals surface area contributed by atoms with Crippen LogP contribution in [0.25, 0.3) is 11.0 Å². The number of anilines is 1. The summed E-state index contributed by atoms with van der Waals surface area (Å²) >= 11 is 0. The van der Waals surface area contributed by atoms with Gasteiger partial charge in [0.1, 0.15) is 5.82 Å². The third kappa shape index (κ3) is 3.40. The van der Waals surface area contributed by atoms with E-state index in [1.54, 1.807) is 11.8 Å². The quantitative estimate of drug-likeness (QED) is 0.649. The number of aryl methyl sites for hydroxylation is 1. The van der Waals surface area contributed by atoms with Crippen molar-refractivity contribution in [3.05, 3.63) is 59.4 Å². The minimum atomic E-state index is 0.0518. The lowest BCUT2D eigenvalue weighted by molar-refractivity contribution is -0.116. The van der Waals surface area contributed by atoms with Crippen LogP contribution in [-0.2, 0) is 17.6 Å². The Bertz CT molecular complexity index is 1170. The molecule has 5 rings (SSSR count). The average molecular weight is 417 g/mol. The molecule has 1 saturated heterocycles. The second-order valence-electron chi connectivity index (χ2n) is 8.55. The number of amides is 2. The van der Waals surface area contributed by atoms with Crippen molar-refractivity contribution in [3.8, 4) is 0 Å². The first kappa shape index (κ1) is 19.8. The molecule has 160 valence electrons. The highest BCUT2D eigenvalue weighted by atomic mass is 16.2. The molecule has 1 atom stereocenters. The summed E-state index contributed by atoms with van der Waals surface area (Å²) in [4.78, 5) is 33.8. The van der Waals surface area contributed by atoms with Gasteiger partial charge >= 0.3 is 0 Å². The van der Waals surface area contributed by atoms with E-state index in [9.17, 15) is 9.59 Å². The highest BCUT2D eigenvalue weighted by molar-refractivity contribution is 5.98. The monoisotopic (exact) mass is 416 g/mol. The molecule has 1 aromatic heterocycles. The number of nitrogens with zero attached hydrogens (tertiary/aromatic N) is 4. The molecule has 3 aromatic rings. The lowest BCUT2D eigenvalue weighted by Gasteiger charge is -2.34. The van der Waals surface area contributed by atoms with Crippen molar-refractivity contribution in [2.75, 3.05) is 24.5 Å². The fraction of sp³-hybridized carbons (Fsp3) is 0.400. The second-order valence-corrected chi connectivity index (χ2v) is 8.55. The van der Waals surface area contributed by atoms with Gasteiger partial charge in [0.2, 0.25) is 5.91 Å². The van der Waals surface area contributed by atoms with Gasteiger partial charge in [-0.25, -0.2) is 4.98 Å². The maximum absolute atomic E-state index is 13.4. The van der Waals surface area contributed by atoms with Gasteiger partial charge in [-0.15, -0.1) is 0 Å². The number of para-hydroxylation sites is 2. The maximum Gasteiger partial charge on any atom is 0.253 e. The van der Waals surface area contributed by atoms with E-state index < -0.39 is 0 Å². The first-order chi connectivity index (χ1) is 15.1. The number of fused-ring (bicyclic) bond motifs is 2. The fourth-order valence-electron chi connectivity index (χ4n) is 5.15. The molecule has 0 spiro atoms. The molecular weight excluding hydrogens is 388 g/mol. The van der Waals surface area contributed by atoms with Crippen molar-refractivity contribution in [1.82, 2.24) is 14.5 Å². The van der Waals surface area contributed by atoms with Crippen molar-refractivity contribution in [1.29, 1.82) is 0 Å². The Hall–Kier alpha value is -3.15. The highest BCUT2D eigenvalue weighted by Gasteiger charge is 2.29. The normalized spacial score (nSPS) is 18.5. The van der Waals surface area contributed by atoms with Crippen molar-refractivity contribution >= 4 is 28.5 Å². The van der Waals surface area contributed by atoms with E-state index in [-0.39, 0.29) is 17.9 Å². The Kier molecular flexibility index (Phi) is 5.00. The van der Waals surface area contributed by atoms with E-state index in [0.29, 0.717) is 13.1 Å². The van der Waals surface area contributed by atoms with E-state index in [1.165, 1.54) is 0 Å². The van der Waals surface area contributed by atoms with E-state index in [2.05, 4.69) is 29.7 Å². The van der Waals surface area contributed by atoms with Gasteiger partial charge in [0.15, 0.2) is 0 Å². The van der Waals surface area contributed by atoms with E-state index >= 15 is 0 Å². The van der Waals surface area contributed by atoms with Crippen molar-refractivity contribution in [2.45, 2.75) is 45.6 Å². The molecule has 1 unspecified atom stereocenters. The zero-order valence-electron chi connectivity index (χ0n) is 18.2. The van der Waals surface area contributed by atoms with Crippen LogP contribution in [0.3, 0.4) is 0 Å². The zero-order valence-corrected chi connectivity index (χ0v) is 18.2. The molecule has 6 heteroatoms. The van der Waals surface area contributed by atoms with E-state index in [1.807, 2.05) is 29.2 Å². The van der Waals surface area contributed by atoms with Crippen LogP contribution in [0.1, 0.15) is 54.5 Å². The lowest BCUT2D eigenvalue weighted by Crippen LogP contribution is -2.41. The number of likely N-dealkylation sites (tertiary alicyclic amines) is 1. The van der Waals surface area contributed by atoms with Gasteiger partial charge in [-0.3, -0.25) is 9.59 Å². The molecule has 2 aromatic carbocycles. The average Bonchev–Trinajstić information content (AvgIpc) is 3.39. The molecule has 31 heavy (non-hydrogen) atoms. The van der Waals surface area contributed by atoms with Crippen LogP contribution in [0, 0.1) is 0 Å². The van der Waals surface area contributed by atoms with Crippen LogP contribution in [0.4, 0.5) is 5.69 Å². The molecule has 0 saturated carbocycles. The smallest absolute Gasteiger partial charge is 0.253 e. The molecule has 0 bridgehead atoms. The minimum Gasteiger partial charge on any atom is -0.337 e. The van der Waals surface area contributed by atoms with Gasteiger partial charge in [-0.1, -0.05) is 19.1 Å². The molecule has 0 aliphatic carbocycles. The Labute approximate surface area is 182 Å². The molecular formula is C25H28N4O2. The predicted molar refractivity (Wildman–Crippen MR) is 121 cm³/mol. The number of piperidine rings is 1. The van der Waals surface area contributed by atoms with Crippen LogP contribution in [0.5, 0.6) is 0 Å². The third-order valence-corrected chi connectivity index (χ3v) is 6.64. The van der Waals surface area contributed by atoms with Crippen molar-refractivity contribution in [2.24, 2.45) is 0 Å². The number of carbonyl (C=O) groups is 2. The van der Waals surface area contributed by atoms with Gasteiger partial charge in [0.05, 0.1) is 17.1 Å². The van der Waals surface area contributed by atoms with Crippen LogP contribution < -0.4 is 4.90 Å². The topological polar surface area (TPSA) is 58.4 Å². The molecule has 0 radical (unpaired) electrons. The maximum atomic E-state index is 13.4. The zero-order chi connectivity index (χ0) is 21.5. The van der Waals surface area contributed by atoms with Crippen LogP contribution in [0.15, 0.2) is 42.5 Å². The fourth-order valence-corrected chi connectivity index (χ4v) is 5.15. The van der Waals surface area contributed by atoms with E-state index in [4.69, 9.17) is 4.98 Å². The summed E-state index contributed by atoms with van der Waals surface area (Å²) in [5.41, 5.74) is 4.93. The number of imidazole rings is 1. The summed E-state index contributed by atoms with van der Waals surface area (Å²) in [6, 6.07) is 14.3. The Morgan fingerprint density at radius 2 is 1.97 bits per heavy atom. The van der Waals surface area contributed by atoms with Gasteiger partial charge in [0, 0.05) is 44.2 Å². The third-order valence-electron chi connectivity index (χ3n) is 6.64. The van der Waals surface area contributed by atoms with Crippen molar-refractivity contribution in [3.63, 3.8) is 0 Å². The molecule has 0 N–H and O–H groups in total. The first-order valence-electron chi connectivity index (χ1n) is 11.2. The molecule has 1 fully saturated rings. The van der Waals surface area contributed by atoms with Crippen LogP contribution in [-0.4, -0.2) is 45.9 Å². The van der Waals surface area contributed by atoms with Crippen LogP contribution >= 0.6 is 0 Å². The Morgan fingerprint density at radius 3 is 2.77 bits per heavy atom. The molecule has 2 aliphatic heterocycles. The SMILES string of the molecule is CCc1nc2ccccc2n1C1CCCN(C(=O)c2ccc3c(c2)CCN3C(C)=O)C1. The highest BCUT2D eigenvalue weighted by Crippen LogP contribution is 2.31. The lowest BCUT2D eigenvalue weighted by atomic mass is 10.0. The molecule has 3 heterocycles. The van der Waals surface area contributed by atoms with Crippen LogP contribution in [0.2, 0.25) is 0 Å². The predicted octanol–water partition coefficient (Wildman–Crippen LogP) is 3.99. The molecule has 2 amide bonds. The number of rotatable bonds is 3. The Balaban J connectivity index is 1.40. The largest absolute Gasteiger partial charge is 0.337 e. The summed E-state index contributed by atoms with van der Waals surface area (Å²) in [5, 5.41) is 0. The van der Waals surface area contributed by atoms with Gasteiger partial charge in [-0.2, -0.15) is 0 Å². The summed E-state index contributed by atoms with van der Waals surface area (Å²) in [6.45, 7) is 5.90.